The van der Waals surface area contributed by atoms with E-state index in [4.69, 9.17) is 31.5 Å². The van der Waals surface area contributed by atoms with Crippen molar-refractivity contribution in [3.8, 4) is 11.5 Å². The SMILES string of the molecule is NC(=O)CCc1oc2cc(OCCCO)ccc2c1C(=O)c1cc(N)c(O)c(N)c1. The molecule has 3 rings (SSSR count). The Balaban J connectivity index is 2.06. The number of aliphatic hydroxyl groups excluding tert-OH is 1. The fraction of sp³-hybridized carbons (Fsp3) is 0.238. The number of carbonyl (C=O) groups is 2. The second kappa shape index (κ2) is 8.75. The van der Waals surface area contributed by atoms with Crippen LogP contribution in [-0.4, -0.2) is 35.1 Å². The first-order valence-electron chi connectivity index (χ1n) is 9.31. The Labute approximate surface area is 172 Å². The van der Waals surface area contributed by atoms with Crippen molar-refractivity contribution in [1.29, 1.82) is 0 Å². The molecule has 30 heavy (non-hydrogen) atoms. The molecule has 8 N–H and O–H groups in total. The minimum Gasteiger partial charge on any atom is -0.504 e. The Morgan fingerprint density at radius 3 is 2.43 bits per heavy atom. The number of nitrogens with two attached hydrogens (primary N) is 3. The summed E-state index contributed by atoms with van der Waals surface area (Å²) in [5.41, 5.74) is 17.5. The number of ether oxygens (including phenoxy) is 1. The molecule has 0 atom stereocenters. The summed E-state index contributed by atoms with van der Waals surface area (Å²) in [6.45, 7) is 0.340. The molecule has 1 heterocycles. The number of hydrogen-bond donors (Lipinski definition) is 5. The van der Waals surface area contributed by atoms with Crippen molar-refractivity contribution in [2.24, 2.45) is 5.73 Å². The zero-order chi connectivity index (χ0) is 21.8. The van der Waals surface area contributed by atoms with Gasteiger partial charge in [0.05, 0.1) is 23.5 Å². The third kappa shape index (κ3) is 4.31. The maximum Gasteiger partial charge on any atom is 0.217 e. The molecule has 0 radical (unpaired) electrons. The number of primary amides is 1. The first kappa shape index (κ1) is 21.0. The van der Waals surface area contributed by atoms with Crippen LogP contribution in [0.1, 0.15) is 34.5 Å². The van der Waals surface area contributed by atoms with Gasteiger partial charge >= 0.3 is 0 Å². The number of aromatic hydroxyl groups is 1. The number of hydrogen-bond acceptors (Lipinski definition) is 8. The van der Waals surface area contributed by atoms with Crippen LogP contribution >= 0.6 is 0 Å². The zero-order valence-corrected chi connectivity index (χ0v) is 16.2. The van der Waals surface area contributed by atoms with Gasteiger partial charge in [0.25, 0.3) is 0 Å². The number of nitrogen functional groups attached to an aromatic ring is 2. The van der Waals surface area contributed by atoms with E-state index in [1.165, 1.54) is 12.1 Å². The van der Waals surface area contributed by atoms with E-state index in [1.807, 2.05) is 0 Å². The number of fused-ring (bicyclic) bond motifs is 1. The van der Waals surface area contributed by atoms with Gasteiger partial charge in [-0.1, -0.05) is 0 Å². The van der Waals surface area contributed by atoms with Gasteiger partial charge < -0.3 is 36.6 Å². The lowest BCUT2D eigenvalue weighted by Crippen LogP contribution is -2.12. The number of carbonyl (C=O) groups excluding carboxylic acids is 2. The first-order chi connectivity index (χ1) is 14.3. The number of anilines is 2. The lowest BCUT2D eigenvalue weighted by molar-refractivity contribution is -0.118. The van der Waals surface area contributed by atoms with Gasteiger partial charge in [-0.15, -0.1) is 0 Å². The predicted octanol–water partition coefficient (Wildman–Crippen LogP) is 1.71. The van der Waals surface area contributed by atoms with Crippen LogP contribution < -0.4 is 21.9 Å². The van der Waals surface area contributed by atoms with Gasteiger partial charge in [0.15, 0.2) is 11.5 Å². The molecule has 3 aromatic rings. The van der Waals surface area contributed by atoms with E-state index in [-0.39, 0.29) is 47.7 Å². The van der Waals surface area contributed by atoms with E-state index in [0.29, 0.717) is 35.5 Å². The van der Waals surface area contributed by atoms with Crippen LogP contribution in [0.3, 0.4) is 0 Å². The van der Waals surface area contributed by atoms with Gasteiger partial charge in [0.1, 0.15) is 17.1 Å². The minimum atomic E-state index is -0.528. The minimum absolute atomic E-state index is 0.000184. The summed E-state index contributed by atoms with van der Waals surface area (Å²) < 4.78 is 11.4. The fourth-order valence-corrected chi connectivity index (χ4v) is 3.09. The highest BCUT2D eigenvalue weighted by atomic mass is 16.5. The second-order valence-electron chi connectivity index (χ2n) is 6.78. The second-order valence-corrected chi connectivity index (χ2v) is 6.78. The van der Waals surface area contributed by atoms with Crippen LogP contribution in [0.2, 0.25) is 0 Å². The van der Waals surface area contributed by atoms with Crippen molar-refractivity contribution in [3.05, 3.63) is 47.2 Å². The molecule has 2 aromatic carbocycles. The van der Waals surface area contributed by atoms with Gasteiger partial charge in [-0.25, -0.2) is 0 Å². The molecule has 1 aromatic heterocycles. The average Bonchev–Trinajstić information content (AvgIpc) is 3.07. The fourth-order valence-electron chi connectivity index (χ4n) is 3.09. The number of benzene rings is 2. The monoisotopic (exact) mass is 413 g/mol. The molecule has 0 spiro atoms. The summed E-state index contributed by atoms with van der Waals surface area (Å²) >= 11 is 0. The number of amides is 1. The number of phenolic OH excluding ortho intramolecular Hbond substituents is 1. The van der Waals surface area contributed by atoms with E-state index >= 15 is 0 Å². The molecule has 9 nitrogen and oxygen atoms in total. The number of phenols is 1. The van der Waals surface area contributed by atoms with Crippen LogP contribution in [0.25, 0.3) is 11.0 Å². The molecule has 1 amide bonds. The Bertz CT molecular complexity index is 1080. The summed E-state index contributed by atoms with van der Waals surface area (Å²) in [6.07, 6.45) is 0.613. The molecule has 0 bridgehead atoms. The molecular formula is C21H23N3O6. The first-order valence-corrected chi connectivity index (χ1v) is 9.31. The Morgan fingerprint density at radius 1 is 1.10 bits per heavy atom. The quantitative estimate of drug-likeness (QED) is 0.152. The third-order valence-electron chi connectivity index (χ3n) is 4.56. The maximum absolute atomic E-state index is 13.3. The largest absolute Gasteiger partial charge is 0.504 e. The lowest BCUT2D eigenvalue weighted by atomic mass is 9.97. The van der Waals surface area contributed by atoms with Crippen molar-refractivity contribution in [1.82, 2.24) is 0 Å². The molecule has 0 aliphatic rings. The predicted molar refractivity (Wildman–Crippen MR) is 111 cm³/mol. The van der Waals surface area contributed by atoms with E-state index in [1.54, 1.807) is 18.2 Å². The third-order valence-corrected chi connectivity index (χ3v) is 4.56. The van der Waals surface area contributed by atoms with Gasteiger partial charge in [0.2, 0.25) is 5.91 Å². The number of rotatable bonds is 9. The highest BCUT2D eigenvalue weighted by Crippen LogP contribution is 2.34. The Morgan fingerprint density at radius 2 is 1.80 bits per heavy atom. The molecule has 158 valence electrons. The van der Waals surface area contributed by atoms with Crippen molar-refractivity contribution < 1.29 is 29.0 Å². The maximum atomic E-state index is 13.3. The number of aryl methyl sites for hydroxylation is 1. The van der Waals surface area contributed by atoms with Crippen LogP contribution in [0, 0.1) is 0 Å². The summed E-state index contributed by atoms with van der Waals surface area (Å²) in [4.78, 5) is 24.5. The smallest absolute Gasteiger partial charge is 0.217 e. The number of ketones is 1. The zero-order valence-electron chi connectivity index (χ0n) is 16.2. The highest BCUT2D eigenvalue weighted by Gasteiger charge is 2.24. The van der Waals surface area contributed by atoms with Crippen molar-refractivity contribution in [2.75, 3.05) is 24.7 Å². The number of furan rings is 1. The van der Waals surface area contributed by atoms with E-state index < -0.39 is 11.7 Å². The molecule has 0 aliphatic heterocycles. The standard InChI is InChI=1S/C21H23N3O6/c22-14-8-11(9-15(23)21(14)28)20(27)19-13-3-2-12(29-7-1-6-25)10-17(13)30-16(19)4-5-18(24)26/h2-3,8-10,25,28H,1,4-7,22-23H2,(H2,24,26). The molecule has 9 heteroatoms. The molecule has 0 fully saturated rings. The topological polar surface area (TPSA) is 175 Å². The van der Waals surface area contributed by atoms with Crippen LogP contribution in [-0.2, 0) is 11.2 Å². The van der Waals surface area contributed by atoms with Crippen molar-refractivity contribution >= 4 is 34.0 Å². The molecule has 0 saturated carbocycles. The van der Waals surface area contributed by atoms with Gasteiger partial charge in [0, 0.05) is 42.9 Å². The normalized spacial score (nSPS) is 11.0. The summed E-state index contributed by atoms with van der Waals surface area (Å²) in [7, 11) is 0. The van der Waals surface area contributed by atoms with E-state index in [2.05, 4.69) is 0 Å². The van der Waals surface area contributed by atoms with Crippen LogP contribution in [0.15, 0.2) is 34.7 Å². The van der Waals surface area contributed by atoms with Gasteiger partial charge in [-0.2, -0.15) is 0 Å². The number of aliphatic hydroxyl groups is 1. The lowest BCUT2D eigenvalue weighted by Gasteiger charge is -2.08. The summed E-state index contributed by atoms with van der Waals surface area (Å²) in [6, 6.07) is 7.66. The molecule has 0 aliphatic carbocycles. The van der Waals surface area contributed by atoms with Gasteiger partial charge in [-0.3, -0.25) is 9.59 Å². The van der Waals surface area contributed by atoms with Crippen LogP contribution in [0.4, 0.5) is 11.4 Å². The van der Waals surface area contributed by atoms with Crippen molar-refractivity contribution in [3.63, 3.8) is 0 Å². The van der Waals surface area contributed by atoms with Crippen molar-refractivity contribution in [2.45, 2.75) is 19.3 Å². The highest BCUT2D eigenvalue weighted by molar-refractivity contribution is 6.17. The average molecular weight is 413 g/mol. The molecule has 0 saturated heterocycles. The summed E-state index contributed by atoms with van der Waals surface area (Å²) in [5, 5.41) is 19.2. The molecular weight excluding hydrogens is 390 g/mol. The summed E-state index contributed by atoms with van der Waals surface area (Å²) in [5.74, 6) is -0.419. The Kier molecular flexibility index (Phi) is 6.12. The van der Waals surface area contributed by atoms with Gasteiger partial charge in [-0.05, 0) is 24.3 Å². The van der Waals surface area contributed by atoms with Crippen LogP contribution in [0.5, 0.6) is 11.5 Å². The van der Waals surface area contributed by atoms with E-state index in [0.717, 1.165) is 0 Å². The van der Waals surface area contributed by atoms with E-state index in [9.17, 15) is 14.7 Å². The molecule has 0 unspecified atom stereocenters. The Hall–Kier alpha value is -3.72.